The van der Waals surface area contributed by atoms with Crippen molar-refractivity contribution in [2.24, 2.45) is 75.4 Å². The van der Waals surface area contributed by atoms with Gasteiger partial charge >= 0.3 is 0 Å². The van der Waals surface area contributed by atoms with Crippen LogP contribution >= 0.6 is 0 Å². The fourth-order valence-corrected chi connectivity index (χ4v) is 11.5. The quantitative estimate of drug-likeness (QED) is 0.323. The van der Waals surface area contributed by atoms with Gasteiger partial charge in [-0.3, -0.25) is 0 Å². The van der Waals surface area contributed by atoms with Crippen LogP contribution in [-0.2, 0) is 0 Å². The van der Waals surface area contributed by atoms with Crippen LogP contribution in [0, 0.1) is 75.4 Å². The maximum Gasteiger partial charge on any atom is -0.00969 e. The van der Waals surface area contributed by atoms with Gasteiger partial charge in [-0.15, -0.1) is 0 Å². The molecule has 4 aliphatic carbocycles. The van der Waals surface area contributed by atoms with Crippen LogP contribution in [0.5, 0.6) is 0 Å². The molecule has 4 aliphatic rings. The van der Waals surface area contributed by atoms with Crippen LogP contribution in [-0.4, -0.2) is 0 Å². The van der Waals surface area contributed by atoms with Crippen LogP contribution < -0.4 is 0 Å². The molecule has 0 spiro atoms. The monoisotopic (exact) mass is 613 g/mol. The van der Waals surface area contributed by atoms with E-state index in [2.05, 4.69) is 126 Å². The van der Waals surface area contributed by atoms with E-state index in [-0.39, 0.29) is 0 Å². The van der Waals surface area contributed by atoms with Crippen molar-refractivity contribution < 1.29 is 0 Å². The SMILES string of the molecule is CC1CC(C(C)(C)C)CC1[C@@H](c1ccc2ccccc2c1)C1C2CCC(C(C)(C)C)CC2C2CC(C(C)(C)C)CCC21.CCC. The zero-order valence-electron chi connectivity index (χ0n) is 31.8. The Kier molecular flexibility index (Phi) is 10.4. The third-order valence-corrected chi connectivity index (χ3v) is 14.1. The van der Waals surface area contributed by atoms with Gasteiger partial charge in [-0.25, -0.2) is 0 Å². The Balaban J connectivity index is 0.00000128. The minimum atomic E-state index is 0.410. The Bertz CT molecular complexity index is 1210. The highest BCUT2D eigenvalue weighted by molar-refractivity contribution is 5.83. The fraction of sp³-hybridized carbons (Fsp3) is 0.778. The van der Waals surface area contributed by atoms with Crippen molar-refractivity contribution in [2.75, 3.05) is 0 Å². The normalized spacial score (nSPS) is 36.2. The summed E-state index contributed by atoms with van der Waals surface area (Å²) in [7, 11) is 0. The van der Waals surface area contributed by atoms with Crippen LogP contribution in [0.1, 0.15) is 152 Å². The highest BCUT2D eigenvalue weighted by Crippen LogP contribution is 2.67. The molecule has 0 aromatic heterocycles. The summed E-state index contributed by atoms with van der Waals surface area (Å²) in [4.78, 5) is 0. The molecule has 45 heavy (non-hydrogen) atoms. The van der Waals surface area contributed by atoms with Crippen molar-refractivity contribution in [1.82, 2.24) is 0 Å². The molecule has 4 fully saturated rings. The van der Waals surface area contributed by atoms with Gasteiger partial charge in [0, 0.05) is 0 Å². The van der Waals surface area contributed by atoms with Crippen molar-refractivity contribution in [3.8, 4) is 0 Å². The van der Waals surface area contributed by atoms with Crippen LogP contribution in [0.4, 0.5) is 0 Å². The molecule has 0 N–H and O–H groups in total. The molecule has 2 aromatic carbocycles. The summed E-state index contributed by atoms with van der Waals surface area (Å²) in [6.45, 7) is 29.6. The Labute approximate surface area is 280 Å². The van der Waals surface area contributed by atoms with Gasteiger partial charge in [0.25, 0.3) is 0 Å². The maximum absolute atomic E-state index is 2.65. The maximum atomic E-state index is 2.65. The summed E-state index contributed by atoms with van der Waals surface area (Å²) in [6, 6.07) is 16.9. The molecule has 6 rings (SSSR count). The Morgan fingerprint density at radius 3 is 1.53 bits per heavy atom. The summed E-state index contributed by atoms with van der Waals surface area (Å²) >= 11 is 0. The second kappa shape index (κ2) is 13.3. The minimum absolute atomic E-state index is 0.410. The minimum Gasteiger partial charge on any atom is -0.0656 e. The molecule has 4 saturated carbocycles. The summed E-state index contributed by atoms with van der Waals surface area (Å²) in [6.07, 6.45) is 13.0. The lowest BCUT2D eigenvalue weighted by molar-refractivity contribution is 0.0542. The molecule has 10 atom stereocenters. The first kappa shape index (κ1) is 35.0. The number of hydrogen-bond donors (Lipinski definition) is 0. The largest absolute Gasteiger partial charge is 0.0656 e. The number of hydrogen-bond acceptors (Lipinski definition) is 0. The van der Waals surface area contributed by atoms with E-state index in [0.29, 0.717) is 16.2 Å². The average Bonchev–Trinajstić information content (AvgIpc) is 3.51. The number of benzene rings is 2. The summed E-state index contributed by atoms with van der Waals surface area (Å²) < 4.78 is 0. The van der Waals surface area contributed by atoms with Gasteiger partial charge < -0.3 is 0 Å². The molecule has 0 aliphatic heterocycles. The van der Waals surface area contributed by atoms with E-state index in [4.69, 9.17) is 0 Å². The van der Waals surface area contributed by atoms with Gasteiger partial charge in [0.05, 0.1) is 0 Å². The molecule has 0 radical (unpaired) electrons. The number of rotatable bonds is 3. The standard InChI is InChI=1S/C42H64.C3H8/c1-26-21-32(42(8,9)10)25-35(26)38(29-16-15-27-13-11-12-14-28(27)22-29)39-33-19-17-30(40(2,3)4)23-36(33)37-24-31(41(5,6)7)18-20-34(37)39;1-3-2/h11-16,22,26,30-39H,17-21,23-25H2,1-10H3;3H2,1-2H3/t26?,30?,31?,32?,33?,34?,35?,36?,37?,38-,39?;/m1./s1. The van der Waals surface area contributed by atoms with Crippen molar-refractivity contribution in [3.05, 3.63) is 48.0 Å². The molecule has 0 amide bonds. The third kappa shape index (κ3) is 7.26. The lowest BCUT2D eigenvalue weighted by Crippen LogP contribution is -2.35. The number of fused-ring (bicyclic) bond motifs is 4. The van der Waals surface area contributed by atoms with Gasteiger partial charge in [0.1, 0.15) is 0 Å². The van der Waals surface area contributed by atoms with Gasteiger partial charge in [-0.2, -0.15) is 0 Å². The summed E-state index contributed by atoms with van der Waals surface area (Å²) in [5.74, 6) is 9.60. The zero-order chi connectivity index (χ0) is 32.9. The lowest BCUT2D eigenvalue weighted by atomic mass is 9.61. The smallest absolute Gasteiger partial charge is 0.00969 e. The molecular formula is C45H72. The van der Waals surface area contributed by atoms with Gasteiger partial charge in [-0.1, -0.05) is 132 Å². The van der Waals surface area contributed by atoms with Crippen LogP contribution in [0.2, 0.25) is 0 Å². The van der Waals surface area contributed by atoms with E-state index in [9.17, 15) is 0 Å². The molecule has 252 valence electrons. The van der Waals surface area contributed by atoms with Crippen molar-refractivity contribution in [2.45, 2.75) is 147 Å². The van der Waals surface area contributed by atoms with Crippen molar-refractivity contribution >= 4 is 10.8 Å². The molecule has 2 aromatic rings. The van der Waals surface area contributed by atoms with E-state index in [1.54, 1.807) is 5.56 Å². The fourth-order valence-electron chi connectivity index (χ4n) is 11.5. The second-order valence-electron chi connectivity index (χ2n) is 20.0. The van der Waals surface area contributed by atoms with Crippen molar-refractivity contribution in [3.63, 3.8) is 0 Å². The van der Waals surface area contributed by atoms with Gasteiger partial charge in [-0.05, 0) is 149 Å². The first-order valence-electron chi connectivity index (χ1n) is 19.5. The Morgan fingerprint density at radius 2 is 1.07 bits per heavy atom. The summed E-state index contributed by atoms with van der Waals surface area (Å²) in [5.41, 5.74) is 2.98. The Hall–Kier alpha value is -1.30. The molecule has 9 unspecified atom stereocenters. The van der Waals surface area contributed by atoms with E-state index in [1.807, 2.05) is 0 Å². The molecule has 0 bridgehead atoms. The summed E-state index contributed by atoms with van der Waals surface area (Å²) in [5, 5.41) is 2.86. The first-order chi connectivity index (χ1) is 21.0. The highest BCUT2D eigenvalue weighted by Gasteiger charge is 2.59. The predicted molar refractivity (Wildman–Crippen MR) is 199 cm³/mol. The molecule has 0 heterocycles. The van der Waals surface area contributed by atoms with Crippen molar-refractivity contribution in [1.29, 1.82) is 0 Å². The van der Waals surface area contributed by atoms with E-state index >= 15 is 0 Å². The molecule has 0 nitrogen and oxygen atoms in total. The second-order valence-corrected chi connectivity index (χ2v) is 20.0. The topological polar surface area (TPSA) is 0 Å². The van der Waals surface area contributed by atoms with Crippen LogP contribution in [0.15, 0.2) is 42.5 Å². The van der Waals surface area contributed by atoms with E-state index < -0.39 is 0 Å². The van der Waals surface area contributed by atoms with E-state index in [1.165, 1.54) is 68.6 Å². The van der Waals surface area contributed by atoms with E-state index in [0.717, 1.165) is 65.1 Å². The van der Waals surface area contributed by atoms with Gasteiger partial charge in [0.15, 0.2) is 0 Å². The first-order valence-corrected chi connectivity index (χ1v) is 19.5. The van der Waals surface area contributed by atoms with Gasteiger partial charge in [0.2, 0.25) is 0 Å². The highest BCUT2D eigenvalue weighted by atomic mass is 14.6. The molecular weight excluding hydrogens is 540 g/mol. The zero-order valence-corrected chi connectivity index (χ0v) is 31.8. The predicted octanol–water partition coefficient (Wildman–Crippen LogP) is 13.8. The average molecular weight is 613 g/mol. The molecule has 0 heteroatoms. The Morgan fingerprint density at radius 1 is 0.578 bits per heavy atom. The third-order valence-electron chi connectivity index (χ3n) is 14.1. The van der Waals surface area contributed by atoms with Crippen LogP contribution in [0.3, 0.4) is 0 Å². The molecule has 0 saturated heterocycles. The lowest BCUT2D eigenvalue weighted by Gasteiger charge is -2.44. The van der Waals surface area contributed by atoms with Crippen LogP contribution in [0.25, 0.3) is 10.8 Å².